The summed E-state index contributed by atoms with van der Waals surface area (Å²) in [6, 6.07) is 11.3. The lowest BCUT2D eigenvalue weighted by atomic mass is 9.96. The summed E-state index contributed by atoms with van der Waals surface area (Å²) in [6.45, 7) is 0.558. The molecule has 1 aliphatic rings. The lowest BCUT2D eigenvalue weighted by Gasteiger charge is -2.32. The van der Waals surface area contributed by atoms with Crippen molar-refractivity contribution in [3.05, 3.63) is 59.7 Å². The van der Waals surface area contributed by atoms with Crippen LogP contribution in [0.4, 0.5) is 18.9 Å². The van der Waals surface area contributed by atoms with Crippen molar-refractivity contribution in [3.8, 4) is 5.75 Å². The number of hydrogen-bond acceptors (Lipinski definition) is 3. The van der Waals surface area contributed by atoms with Crippen molar-refractivity contribution in [2.75, 3.05) is 25.5 Å². The molecule has 1 heterocycles. The zero-order chi connectivity index (χ0) is 21.0. The van der Waals surface area contributed by atoms with Gasteiger partial charge in [0.2, 0.25) is 5.91 Å². The largest absolute Gasteiger partial charge is 0.497 e. The molecule has 0 aromatic heterocycles. The van der Waals surface area contributed by atoms with Crippen molar-refractivity contribution in [2.45, 2.75) is 19.0 Å². The average Bonchev–Trinajstić information content (AvgIpc) is 2.73. The van der Waals surface area contributed by atoms with Gasteiger partial charge in [-0.15, -0.1) is 0 Å². The number of rotatable bonds is 4. The Balaban J connectivity index is 1.68. The van der Waals surface area contributed by atoms with E-state index < -0.39 is 23.6 Å². The number of amides is 2. The molecule has 1 saturated heterocycles. The number of carbonyl (C=O) groups is 2. The fourth-order valence-corrected chi connectivity index (χ4v) is 3.33. The molecular weight excluding hydrogens is 385 g/mol. The van der Waals surface area contributed by atoms with Gasteiger partial charge < -0.3 is 15.0 Å². The Bertz CT molecular complexity index is 899. The number of nitrogens with zero attached hydrogens (tertiary/aromatic N) is 1. The quantitative estimate of drug-likeness (QED) is 0.828. The van der Waals surface area contributed by atoms with Crippen LogP contribution in [0.15, 0.2) is 48.5 Å². The van der Waals surface area contributed by atoms with Gasteiger partial charge in [0.05, 0.1) is 18.6 Å². The molecule has 1 N–H and O–H groups in total. The Kier molecular flexibility index (Phi) is 6.10. The lowest BCUT2D eigenvalue weighted by molar-refractivity contribution is -0.137. The van der Waals surface area contributed by atoms with E-state index in [1.165, 1.54) is 24.1 Å². The molecule has 0 saturated carbocycles. The van der Waals surface area contributed by atoms with Gasteiger partial charge in [-0.05, 0) is 43.2 Å². The molecule has 2 aromatic carbocycles. The van der Waals surface area contributed by atoms with Crippen molar-refractivity contribution in [1.82, 2.24) is 4.90 Å². The van der Waals surface area contributed by atoms with Crippen LogP contribution in [0.5, 0.6) is 5.75 Å². The van der Waals surface area contributed by atoms with Crippen molar-refractivity contribution >= 4 is 17.5 Å². The Morgan fingerprint density at radius 3 is 2.62 bits per heavy atom. The summed E-state index contributed by atoms with van der Waals surface area (Å²) >= 11 is 0. The molecule has 2 amide bonds. The summed E-state index contributed by atoms with van der Waals surface area (Å²) in [5.74, 6) is -0.577. The summed E-state index contributed by atoms with van der Waals surface area (Å²) in [7, 11) is 1.53. The molecule has 1 atom stereocenters. The molecule has 8 heteroatoms. The predicted molar refractivity (Wildman–Crippen MR) is 102 cm³/mol. The maximum absolute atomic E-state index is 12.9. The van der Waals surface area contributed by atoms with Crippen LogP contribution in [0.2, 0.25) is 0 Å². The number of alkyl halides is 3. The van der Waals surface area contributed by atoms with E-state index in [1.807, 2.05) is 0 Å². The number of benzene rings is 2. The van der Waals surface area contributed by atoms with Gasteiger partial charge in [0.1, 0.15) is 5.75 Å². The van der Waals surface area contributed by atoms with Crippen LogP contribution in [-0.2, 0) is 11.0 Å². The fourth-order valence-electron chi connectivity index (χ4n) is 3.33. The normalized spacial score (nSPS) is 17.0. The van der Waals surface area contributed by atoms with Crippen LogP contribution in [-0.4, -0.2) is 36.9 Å². The molecule has 0 bridgehead atoms. The molecule has 0 aliphatic carbocycles. The van der Waals surface area contributed by atoms with Crippen molar-refractivity contribution in [1.29, 1.82) is 0 Å². The van der Waals surface area contributed by atoms with E-state index in [4.69, 9.17) is 4.74 Å². The number of methoxy groups -OCH3 is 1. The number of halogens is 3. The first-order valence-corrected chi connectivity index (χ1v) is 9.19. The van der Waals surface area contributed by atoms with E-state index >= 15 is 0 Å². The van der Waals surface area contributed by atoms with Crippen LogP contribution >= 0.6 is 0 Å². The fraction of sp³-hybridized carbons (Fsp3) is 0.333. The molecule has 1 fully saturated rings. The monoisotopic (exact) mass is 406 g/mol. The smallest absolute Gasteiger partial charge is 0.416 e. The third kappa shape index (κ3) is 5.07. The highest BCUT2D eigenvalue weighted by Gasteiger charge is 2.33. The molecule has 29 heavy (non-hydrogen) atoms. The third-order valence-electron chi connectivity index (χ3n) is 4.85. The number of carbonyl (C=O) groups excluding carboxylic acids is 2. The molecule has 0 unspecified atom stereocenters. The molecule has 5 nitrogen and oxygen atoms in total. The van der Waals surface area contributed by atoms with Crippen LogP contribution in [0.25, 0.3) is 0 Å². The first-order chi connectivity index (χ1) is 13.8. The van der Waals surface area contributed by atoms with Gasteiger partial charge in [-0.2, -0.15) is 13.2 Å². The van der Waals surface area contributed by atoms with Gasteiger partial charge in [0, 0.05) is 30.4 Å². The minimum absolute atomic E-state index is 0.0336. The number of likely N-dealkylation sites (tertiary alicyclic amines) is 1. The highest BCUT2D eigenvalue weighted by Crippen LogP contribution is 2.30. The number of ether oxygens (including phenoxy) is 1. The van der Waals surface area contributed by atoms with Crippen LogP contribution in [0.1, 0.15) is 28.8 Å². The van der Waals surface area contributed by atoms with Crippen LogP contribution < -0.4 is 10.1 Å². The van der Waals surface area contributed by atoms with Gasteiger partial charge in [-0.3, -0.25) is 9.59 Å². The second-order valence-corrected chi connectivity index (χ2v) is 6.89. The van der Waals surface area contributed by atoms with Crippen molar-refractivity contribution < 1.29 is 27.5 Å². The van der Waals surface area contributed by atoms with Crippen LogP contribution in [0.3, 0.4) is 0 Å². The van der Waals surface area contributed by atoms with E-state index in [0.29, 0.717) is 30.8 Å². The summed E-state index contributed by atoms with van der Waals surface area (Å²) < 4.78 is 43.9. The highest BCUT2D eigenvalue weighted by atomic mass is 19.4. The molecule has 1 aliphatic heterocycles. The number of hydrogen-bond donors (Lipinski definition) is 1. The van der Waals surface area contributed by atoms with Crippen molar-refractivity contribution in [2.24, 2.45) is 5.92 Å². The number of anilines is 1. The predicted octanol–water partition coefficient (Wildman–Crippen LogP) is 4.20. The summed E-state index contributed by atoms with van der Waals surface area (Å²) in [5.41, 5.74) is -0.322. The molecule has 0 radical (unpaired) electrons. The van der Waals surface area contributed by atoms with E-state index in [2.05, 4.69) is 5.32 Å². The van der Waals surface area contributed by atoms with Gasteiger partial charge in [-0.25, -0.2) is 0 Å². The zero-order valence-corrected chi connectivity index (χ0v) is 15.8. The van der Waals surface area contributed by atoms with Crippen molar-refractivity contribution in [3.63, 3.8) is 0 Å². The number of nitrogens with one attached hydrogen (secondary N) is 1. The minimum atomic E-state index is -4.52. The van der Waals surface area contributed by atoms with E-state index in [0.717, 1.165) is 12.1 Å². The Morgan fingerprint density at radius 1 is 1.14 bits per heavy atom. The maximum Gasteiger partial charge on any atom is 0.416 e. The molecule has 3 rings (SSSR count). The SMILES string of the molecule is COc1cccc(NC(=O)[C@@H]2CCCN(C(=O)c3cccc(C(F)(F)F)c3)C2)c1. The zero-order valence-electron chi connectivity index (χ0n) is 15.8. The second-order valence-electron chi connectivity index (χ2n) is 6.89. The first-order valence-electron chi connectivity index (χ1n) is 9.19. The van der Waals surface area contributed by atoms with Gasteiger partial charge in [-0.1, -0.05) is 12.1 Å². The Hall–Kier alpha value is -3.03. The standard InChI is InChI=1S/C21H21F3N2O3/c1-29-18-9-3-8-17(12-18)25-19(27)15-6-4-10-26(13-15)20(28)14-5-2-7-16(11-14)21(22,23)24/h2-3,5,7-9,11-12,15H,4,6,10,13H2,1H3,(H,25,27)/t15-/m1/s1. The van der Waals surface area contributed by atoms with Crippen LogP contribution in [0, 0.1) is 5.92 Å². The van der Waals surface area contributed by atoms with Gasteiger partial charge in [0.25, 0.3) is 5.91 Å². The lowest BCUT2D eigenvalue weighted by Crippen LogP contribution is -2.43. The van der Waals surface area contributed by atoms with E-state index in [1.54, 1.807) is 24.3 Å². The summed E-state index contributed by atoms with van der Waals surface area (Å²) in [6.07, 6.45) is -3.32. The molecule has 154 valence electrons. The third-order valence-corrected chi connectivity index (χ3v) is 4.85. The minimum Gasteiger partial charge on any atom is -0.497 e. The molecule has 0 spiro atoms. The van der Waals surface area contributed by atoms with Gasteiger partial charge in [0.15, 0.2) is 0 Å². The highest BCUT2D eigenvalue weighted by molar-refractivity contribution is 5.96. The second kappa shape index (κ2) is 8.55. The average molecular weight is 406 g/mol. The summed E-state index contributed by atoms with van der Waals surface area (Å²) in [5, 5.41) is 2.81. The Labute approximate surface area is 166 Å². The van der Waals surface area contributed by atoms with E-state index in [-0.39, 0.29) is 18.0 Å². The first kappa shape index (κ1) is 20.7. The summed E-state index contributed by atoms with van der Waals surface area (Å²) in [4.78, 5) is 26.8. The maximum atomic E-state index is 12.9. The Morgan fingerprint density at radius 2 is 1.90 bits per heavy atom. The molecule has 2 aromatic rings. The van der Waals surface area contributed by atoms with E-state index in [9.17, 15) is 22.8 Å². The van der Waals surface area contributed by atoms with Gasteiger partial charge >= 0.3 is 6.18 Å². The topological polar surface area (TPSA) is 58.6 Å². The number of piperidine rings is 1. The molecular formula is C21H21F3N2O3.